The lowest BCUT2D eigenvalue weighted by Crippen LogP contribution is -2.14. The third-order valence-electron chi connectivity index (χ3n) is 4.14. The SMILES string of the molecule is CCC(=O)Nc1ccc(Cl)c(NC(=O)CCc2cnn(-c3ccccc3)c2)c1. The second-order valence-corrected chi connectivity index (χ2v) is 6.68. The van der Waals surface area contributed by atoms with E-state index in [0.717, 1.165) is 11.3 Å². The fraction of sp³-hybridized carbons (Fsp3) is 0.190. The number of carbonyl (C=O) groups excluding carboxylic acids is 2. The van der Waals surface area contributed by atoms with Gasteiger partial charge in [0.1, 0.15) is 0 Å². The van der Waals surface area contributed by atoms with E-state index in [2.05, 4.69) is 15.7 Å². The summed E-state index contributed by atoms with van der Waals surface area (Å²) in [6.45, 7) is 1.77. The highest BCUT2D eigenvalue weighted by atomic mass is 35.5. The third-order valence-corrected chi connectivity index (χ3v) is 4.47. The number of carbonyl (C=O) groups is 2. The molecule has 0 radical (unpaired) electrons. The Morgan fingerprint density at radius 2 is 1.86 bits per heavy atom. The summed E-state index contributed by atoms with van der Waals surface area (Å²) in [6, 6.07) is 14.8. The van der Waals surface area contributed by atoms with E-state index in [1.54, 1.807) is 36.0 Å². The number of anilines is 2. The molecule has 3 rings (SSSR count). The smallest absolute Gasteiger partial charge is 0.224 e. The standard InChI is InChI=1S/C21H21ClN4O2/c1-2-20(27)24-16-9-10-18(22)19(12-16)25-21(28)11-8-15-13-23-26(14-15)17-6-4-3-5-7-17/h3-7,9-10,12-14H,2,8,11H2,1H3,(H,24,27)(H,25,28). The van der Waals surface area contributed by atoms with Gasteiger partial charge in [0.2, 0.25) is 11.8 Å². The second-order valence-electron chi connectivity index (χ2n) is 6.27. The molecule has 0 saturated carbocycles. The Morgan fingerprint density at radius 1 is 1.07 bits per heavy atom. The molecular weight excluding hydrogens is 376 g/mol. The number of amides is 2. The molecule has 2 aromatic carbocycles. The van der Waals surface area contributed by atoms with Gasteiger partial charge >= 0.3 is 0 Å². The number of nitrogens with zero attached hydrogens (tertiary/aromatic N) is 2. The monoisotopic (exact) mass is 396 g/mol. The van der Waals surface area contributed by atoms with Gasteiger partial charge in [0, 0.05) is 24.7 Å². The van der Waals surface area contributed by atoms with Crippen LogP contribution < -0.4 is 10.6 Å². The molecular formula is C21H21ClN4O2. The zero-order valence-electron chi connectivity index (χ0n) is 15.5. The number of aromatic nitrogens is 2. The summed E-state index contributed by atoms with van der Waals surface area (Å²) >= 11 is 6.16. The van der Waals surface area contributed by atoms with Crippen LogP contribution in [0.3, 0.4) is 0 Å². The minimum absolute atomic E-state index is 0.102. The van der Waals surface area contributed by atoms with E-state index >= 15 is 0 Å². The van der Waals surface area contributed by atoms with Gasteiger partial charge in [0.05, 0.1) is 22.6 Å². The largest absolute Gasteiger partial charge is 0.326 e. The zero-order chi connectivity index (χ0) is 19.9. The molecule has 7 heteroatoms. The van der Waals surface area contributed by atoms with Crippen molar-refractivity contribution >= 4 is 34.8 Å². The maximum absolute atomic E-state index is 12.3. The van der Waals surface area contributed by atoms with E-state index in [4.69, 9.17) is 11.6 Å². The maximum Gasteiger partial charge on any atom is 0.224 e. The predicted octanol–water partition coefficient (Wildman–Crippen LogP) is 4.45. The first-order valence-electron chi connectivity index (χ1n) is 9.03. The van der Waals surface area contributed by atoms with Gasteiger partial charge in [0.15, 0.2) is 0 Å². The van der Waals surface area contributed by atoms with Crippen molar-refractivity contribution in [3.63, 3.8) is 0 Å². The van der Waals surface area contributed by atoms with Crippen LogP contribution in [0.1, 0.15) is 25.3 Å². The predicted molar refractivity (Wildman–Crippen MR) is 111 cm³/mol. The first-order valence-corrected chi connectivity index (χ1v) is 9.41. The van der Waals surface area contributed by atoms with Crippen LogP contribution in [0, 0.1) is 0 Å². The van der Waals surface area contributed by atoms with Gasteiger partial charge in [-0.1, -0.05) is 36.7 Å². The molecule has 0 aliphatic carbocycles. The van der Waals surface area contributed by atoms with E-state index < -0.39 is 0 Å². The Hall–Kier alpha value is -3.12. The van der Waals surface area contributed by atoms with Gasteiger partial charge < -0.3 is 10.6 Å². The molecule has 0 fully saturated rings. The maximum atomic E-state index is 12.3. The van der Waals surface area contributed by atoms with Crippen LogP contribution >= 0.6 is 11.6 Å². The molecule has 0 aliphatic heterocycles. The van der Waals surface area contributed by atoms with Crippen molar-refractivity contribution in [3.8, 4) is 5.69 Å². The molecule has 0 atom stereocenters. The van der Waals surface area contributed by atoms with E-state index in [1.807, 2.05) is 36.5 Å². The highest BCUT2D eigenvalue weighted by molar-refractivity contribution is 6.33. The van der Waals surface area contributed by atoms with Crippen LogP contribution in [0.5, 0.6) is 0 Å². The van der Waals surface area contributed by atoms with Gasteiger partial charge in [-0.3, -0.25) is 9.59 Å². The van der Waals surface area contributed by atoms with E-state index in [-0.39, 0.29) is 11.8 Å². The average molecular weight is 397 g/mol. The number of benzene rings is 2. The second kappa shape index (κ2) is 9.19. The topological polar surface area (TPSA) is 76.0 Å². The third kappa shape index (κ3) is 5.20. The van der Waals surface area contributed by atoms with E-state index in [1.165, 1.54) is 0 Å². The summed E-state index contributed by atoms with van der Waals surface area (Å²) < 4.78 is 1.78. The summed E-state index contributed by atoms with van der Waals surface area (Å²) in [4.78, 5) is 23.8. The molecule has 2 N–H and O–H groups in total. The Labute approximate surface area is 168 Å². The molecule has 3 aromatic rings. The number of para-hydroxylation sites is 1. The molecule has 1 aromatic heterocycles. The quantitative estimate of drug-likeness (QED) is 0.619. The molecule has 6 nitrogen and oxygen atoms in total. The number of hydrogen-bond acceptors (Lipinski definition) is 3. The van der Waals surface area contributed by atoms with Crippen molar-refractivity contribution in [2.75, 3.05) is 10.6 Å². The molecule has 2 amide bonds. The summed E-state index contributed by atoms with van der Waals surface area (Å²) in [7, 11) is 0. The van der Waals surface area contributed by atoms with Crippen molar-refractivity contribution in [1.29, 1.82) is 0 Å². The number of rotatable bonds is 7. The fourth-order valence-electron chi connectivity index (χ4n) is 2.63. The summed E-state index contributed by atoms with van der Waals surface area (Å²) in [5, 5.41) is 10.3. The van der Waals surface area contributed by atoms with Crippen molar-refractivity contribution in [2.45, 2.75) is 26.2 Å². The molecule has 0 saturated heterocycles. The summed E-state index contributed by atoms with van der Waals surface area (Å²) in [5.74, 6) is -0.261. The molecule has 28 heavy (non-hydrogen) atoms. The minimum Gasteiger partial charge on any atom is -0.326 e. The van der Waals surface area contributed by atoms with Gasteiger partial charge in [-0.25, -0.2) is 4.68 Å². The van der Waals surface area contributed by atoms with Crippen LogP contribution in [-0.4, -0.2) is 21.6 Å². The van der Waals surface area contributed by atoms with Crippen molar-refractivity contribution in [1.82, 2.24) is 9.78 Å². The molecule has 1 heterocycles. The number of halogens is 1. The highest BCUT2D eigenvalue weighted by Gasteiger charge is 2.10. The van der Waals surface area contributed by atoms with Gasteiger partial charge in [-0.15, -0.1) is 0 Å². The van der Waals surface area contributed by atoms with Crippen LogP contribution in [0.4, 0.5) is 11.4 Å². The number of nitrogens with one attached hydrogen (secondary N) is 2. The molecule has 144 valence electrons. The first-order chi connectivity index (χ1) is 13.5. The summed E-state index contributed by atoms with van der Waals surface area (Å²) in [5.41, 5.74) is 3.00. The van der Waals surface area contributed by atoms with Gasteiger partial charge in [-0.2, -0.15) is 5.10 Å². The van der Waals surface area contributed by atoms with E-state index in [9.17, 15) is 9.59 Å². The zero-order valence-corrected chi connectivity index (χ0v) is 16.2. The minimum atomic E-state index is -0.159. The Kier molecular flexibility index (Phi) is 6.45. The summed E-state index contributed by atoms with van der Waals surface area (Å²) in [6.07, 6.45) is 4.90. The number of aryl methyl sites for hydroxylation is 1. The van der Waals surface area contributed by atoms with Crippen LogP contribution in [0.25, 0.3) is 5.69 Å². The Morgan fingerprint density at radius 3 is 2.61 bits per heavy atom. The van der Waals surface area contributed by atoms with Crippen LogP contribution in [0.2, 0.25) is 5.02 Å². The fourth-order valence-corrected chi connectivity index (χ4v) is 2.79. The lowest BCUT2D eigenvalue weighted by atomic mass is 10.2. The van der Waals surface area contributed by atoms with Crippen molar-refractivity contribution in [3.05, 3.63) is 71.5 Å². The van der Waals surface area contributed by atoms with Crippen LogP contribution in [-0.2, 0) is 16.0 Å². The Balaban J connectivity index is 1.58. The van der Waals surface area contributed by atoms with Crippen molar-refractivity contribution in [2.24, 2.45) is 0 Å². The van der Waals surface area contributed by atoms with Gasteiger partial charge in [-0.05, 0) is 42.3 Å². The van der Waals surface area contributed by atoms with E-state index in [0.29, 0.717) is 35.7 Å². The van der Waals surface area contributed by atoms with Crippen molar-refractivity contribution < 1.29 is 9.59 Å². The first kappa shape index (κ1) is 19.6. The lowest BCUT2D eigenvalue weighted by Gasteiger charge is -2.10. The lowest BCUT2D eigenvalue weighted by molar-refractivity contribution is -0.116. The molecule has 0 spiro atoms. The highest BCUT2D eigenvalue weighted by Crippen LogP contribution is 2.26. The van der Waals surface area contributed by atoms with Crippen LogP contribution in [0.15, 0.2) is 60.9 Å². The number of hydrogen-bond donors (Lipinski definition) is 2. The normalized spacial score (nSPS) is 10.5. The Bertz CT molecular complexity index is 970. The average Bonchev–Trinajstić information content (AvgIpc) is 3.18. The molecule has 0 bridgehead atoms. The molecule has 0 aliphatic rings. The van der Waals surface area contributed by atoms with Gasteiger partial charge in [0.25, 0.3) is 0 Å². The molecule has 0 unspecified atom stereocenters.